The number of hydrogen-bond donors (Lipinski definition) is 1. The third-order valence-corrected chi connectivity index (χ3v) is 12.3. The molecule has 1 aromatic rings. The zero-order chi connectivity index (χ0) is 27.1. The number of ether oxygens (including phenoxy) is 1. The van der Waals surface area contributed by atoms with E-state index in [1.54, 1.807) is 45.0 Å². The fraction of sp³-hybridized carbons (Fsp3) is 0.741. The standard InChI is InChI=1S/C27H47BO6Si/c1-23(2,3)32-22(29)27(30,20-16-14-13-15-17-20)21(18-19-31-35(11,12)24(4,5)6)28-33-25(7,8)26(9,10)34-28/h13-17,21,30H,18-19H2,1-12H3/t21-,27+/m1/s1. The van der Waals surface area contributed by atoms with Crippen LogP contribution in [0, 0.1) is 0 Å². The van der Waals surface area contributed by atoms with Crippen LogP contribution in [-0.4, -0.2) is 49.9 Å². The van der Waals surface area contributed by atoms with E-state index in [-0.39, 0.29) is 5.04 Å². The van der Waals surface area contributed by atoms with Crippen LogP contribution >= 0.6 is 0 Å². The predicted octanol–water partition coefficient (Wildman–Crippen LogP) is 6.09. The van der Waals surface area contributed by atoms with Crippen molar-refractivity contribution in [3.05, 3.63) is 35.9 Å². The molecule has 2 atom stereocenters. The summed E-state index contributed by atoms with van der Waals surface area (Å²) in [5, 5.41) is 12.3. The van der Waals surface area contributed by atoms with E-state index in [0.717, 1.165) is 0 Å². The van der Waals surface area contributed by atoms with Crippen molar-refractivity contribution in [2.45, 2.75) is 122 Å². The third kappa shape index (κ3) is 6.58. The molecule has 0 amide bonds. The van der Waals surface area contributed by atoms with Gasteiger partial charge in [-0.1, -0.05) is 51.1 Å². The van der Waals surface area contributed by atoms with Crippen LogP contribution in [0.3, 0.4) is 0 Å². The Kier molecular flexibility index (Phi) is 8.53. The van der Waals surface area contributed by atoms with Crippen LogP contribution in [0.1, 0.15) is 81.2 Å². The maximum atomic E-state index is 13.7. The van der Waals surface area contributed by atoms with Gasteiger partial charge < -0.3 is 23.6 Å². The second-order valence-corrected chi connectivity index (χ2v) is 18.1. The van der Waals surface area contributed by atoms with Crippen LogP contribution in [0.2, 0.25) is 23.9 Å². The zero-order valence-electron chi connectivity index (χ0n) is 23.9. The average Bonchev–Trinajstić information content (AvgIpc) is 2.90. The van der Waals surface area contributed by atoms with Crippen molar-refractivity contribution in [1.29, 1.82) is 0 Å². The summed E-state index contributed by atoms with van der Waals surface area (Å²) in [6.45, 7) is 24.5. The Morgan fingerprint density at radius 2 is 1.49 bits per heavy atom. The summed E-state index contributed by atoms with van der Waals surface area (Å²) in [6, 6.07) is 8.95. The molecule has 2 rings (SSSR count). The second-order valence-electron chi connectivity index (χ2n) is 13.3. The number of carbonyl (C=O) groups excluding carboxylic acids is 1. The largest absolute Gasteiger partial charge is 0.465 e. The molecule has 0 saturated carbocycles. The molecule has 0 aromatic heterocycles. The summed E-state index contributed by atoms with van der Waals surface area (Å²) in [5.41, 5.74) is -3.57. The zero-order valence-corrected chi connectivity index (χ0v) is 24.9. The van der Waals surface area contributed by atoms with Crippen LogP contribution in [-0.2, 0) is 28.9 Å². The summed E-state index contributed by atoms with van der Waals surface area (Å²) in [7, 11) is -2.88. The average molecular weight is 507 g/mol. The number of carbonyl (C=O) groups is 1. The molecule has 1 heterocycles. The molecule has 1 aromatic carbocycles. The number of rotatable bonds is 8. The van der Waals surface area contributed by atoms with Crippen LogP contribution < -0.4 is 0 Å². The molecule has 0 radical (unpaired) electrons. The molecule has 0 unspecified atom stereocenters. The summed E-state index contributed by atoms with van der Waals surface area (Å²) < 4.78 is 25.0. The van der Waals surface area contributed by atoms with Crippen molar-refractivity contribution < 1.29 is 28.4 Å². The van der Waals surface area contributed by atoms with Crippen molar-refractivity contribution >= 4 is 21.4 Å². The number of esters is 1. The van der Waals surface area contributed by atoms with Gasteiger partial charge in [0.25, 0.3) is 0 Å². The lowest BCUT2D eigenvalue weighted by Gasteiger charge is -2.39. The van der Waals surface area contributed by atoms with E-state index in [9.17, 15) is 9.90 Å². The Morgan fingerprint density at radius 1 is 1.00 bits per heavy atom. The van der Waals surface area contributed by atoms with Gasteiger partial charge in [-0.25, -0.2) is 4.79 Å². The van der Waals surface area contributed by atoms with E-state index in [1.165, 1.54) is 0 Å². The first-order valence-corrected chi connectivity index (χ1v) is 15.6. The van der Waals surface area contributed by atoms with Crippen molar-refractivity contribution in [2.75, 3.05) is 6.61 Å². The SMILES string of the molecule is CC(C)(C)OC(=O)[C@](O)(c1ccccc1)[C@@H](CCO[Si](C)(C)C(C)(C)C)B1OC(C)(C)C(C)(C)O1. The molecule has 35 heavy (non-hydrogen) atoms. The molecular weight excluding hydrogens is 459 g/mol. The molecule has 198 valence electrons. The van der Waals surface area contributed by atoms with Gasteiger partial charge in [0.15, 0.2) is 13.9 Å². The lowest BCUT2D eigenvalue weighted by atomic mass is 9.59. The number of benzene rings is 1. The van der Waals surface area contributed by atoms with E-state index < -0.39 is 49.6 Å². The van der Waals surface area contributed by atoms with Gasteiger partial charge in [-0.2, -0.15) is 0 Å². The molecule has 0 bridgehead atoms. The highest BCUT2D eigenvalue weighted by Gasteiger charge is 2.61. The monoisotopic (exact) mass is 506 g/mol. The molecule has 8 heteroatoms. The first-order valence-electron chi connectivity index (χ1n) is 12.6. The minimum absolute atomic E-state index is 0.0355. The van der Waals surface area contributed by atoms with Gasteiger partial charge in [-0.3, -0.25) is 0 Å². The molecule has 1 aliphatic rings. The molecule has 0 aliphatic carbocycles. The van der Waals surface area contributed by atoms with E-state index in [0.29, 0.717) is 18.6 Å². The van der Waals surface area contributed by atoms with Crippen molar-refractivity contribution in [3.8, 4) is 0 Å². The van der Waals surface area contributed by atoms with Crippen molar-refractivity contribution in [2.24, 2.45) is 0 Å². The van der Waals surface area contributed by atoms with E-state index >= 15 is 0 Å². The van der Waals surface area contributed by atoms with E-state index in [4.69, 9.17) is 18.5 Å². The van der Waals surface area contributed by atoms with Gasteiger partial charge in [0.1, 0.15) is 5.60 Å². The smallest absolute Gasteiger partial charge is 0.458 e. The molecule has 0 spiro atoms. The summed E-state index contributed by atoms with van der Waals surface area (Å²) >= 11 is 0. The Hall–Kier alpha value is -1.19. The second kappa shape index (κ2) is 9.94. The third-order valence-electron chi connectivity index (χ3n) is 7.76. The summed E-state index contributed by atoms with van der Waals surface area (Å²) in [4.78, 5) is 13.7. The van der Waals surface area contributed by atoms with E-state index in [1.807, 2.05) is 33.8 Å². The summed E-state index contributed by atoms with van der Waals surface area (Å²) in [5.74, 6) is -1.48. The quantitative estimate of drug-likeness (QED) is 0.340. The van der Waals surface area contributed by atoms with Crippen LogP contribution in [0.25, 0.3) is 0 Å². The van der Waals surface area contributed by atoms with E-state index in [2.05, 4.69) is 33.9 Å². The van der Waals surface area contributed by atoms with Crippen LogP contribution in [0.4, 0.5) is 0 Å². The molecule has 1 aliphatic heterocycles. The highest BCUT2D eigenvalue weighted by molar-refractivity contribution is 6.74. The fourth-order valence-electron chi connectivity index (χ4n) is 3.78. The first-order chi connectivity index (χ1) is 15.6. The molecule has 1 fully saturated rings. The maximum Gasteiger partial charge on any atom is 0.465 e. The van der Waals surface area contributed by atoms with Gasteiger partial charge in [-0.15, -0.1) is 0 Å². The van der Waals surface area contributed by atoms with Crippen LogP contribution in [0.5, 0.6) is 0 Å². The van der Waals surface area contributed by atoms with Crippen molar-refractivity contribution in [1.82, 2.24) is 0 Å². The van der Waals surface area contributed by atoms with Gasteiger partial charge in [0.2, 0.25) is 0 Å². The minimum Gasteiger partial charge on any atom is -0.458 e. The Morgan fingerprint density at radius 3 is 1.91 bits per heavy atom. The minimum atomic E-state index is -2.05. The Bertz CT molecular complexity index is 856. The van der Waals surface area contributed by atoms with Crippen LogP contribution in [0.15, 0.2) is 30.3 Å². The molecule has 1 N–H and O–H groups in total. The lowest BCUT2D eigenvalue weighted by Crippen LogP contribution is -2.50. The molecule has 1 saturated heterocycles. The fourth-order valence-corrected chi connectivity index (χ4v) is 4.84. The topological polar surface area (TPSA) is 74.2 Å². The number of hydrogen-bond acceptors (Lipinski definition) is 6. The maximum absolute atomic E-state index is 13.7. The van der Waals surface area contributed by atoms with Gasteiger partial charge in [-0.05, 0) is 78.6 Å². The Balaban J connectivity index is 2.54. The Labute approximate surface area is 214 Å². The highest BCUT2D eigenvalue weighted by Crippen LogP contribution is 2.48. The lowest BCUT2D eigenvalue weighted by molar-refractivity contribution is -0.180. The van der Waals surface area contributed by atoms with Crippen molar-refractivity contribution in [3.63, 3.8) is 0 Å². The molecular formula is C27H47BO6Si. The normalized spacial score (nSPS) is 20.9. The predicted molar refractivity (Wildman–Crippen MR) is 144 cm³/mol. The highest BCUT2D eigenvalue weighted by atomic mass is 28.4. The first kappa shape index (κ1) is 30.0. The van der Waals surface area contributed by atoms with Gasteiger partial charge in [0.05, 0.1) is 11.2 Å². The van der Waals surface area contributed by atoms with Gasteiger partial charge in [0, 0.05) is 12.4 Å². The van der Waals surface area contributed by atoms with Gasteiger partial charge >= 0.3 is 13.1 Å². The summed E-state index contributed by atoms with van der Waals surface area (Å²) in [6.07, 6.45) is 0.355. The molecule has 6 nitrogen and oxygen atoms in total. The number of aliphatic hydroxyl groups is 1.